The summed E-state index contributed by atoms with van der Waals surface area (Å²) in [4.78, 5) is 12.7. The van der Waals surface area contributed by atoms with E-state index >= 15 is 0 Å². The predicted octanol–water partition coefficient (Wildman–Crippen LogP) is 3.21. The number of benzene rings is 1. The molecule has 2 rings (SSSR count). The van der Waals surface area contributed by atoms with Crippen molar-refractivity contribution in [3.8, 4) is 0 Å². The van der Waals surface area contributed by atoms with Crippen molar-refractivity contribution in [2.75, 3.05) is 13.1 Å². The van der Waals surface area contributed by atoms with Gasteiger partial charge >= 0.3 is 0 Å². The van der Waals surface area contributed by atoms with Gasteiger partial charge in [0.25, 0.3) is 0 Å². The second-order valence-electron chi connectivity index (χ2n) is 6.20. The first kappa shape index (κ1) is 16.0. The number of amides is 1. The van der Waals surface area contributed by atoms with E-state index in [1.165, 1.54) is 11.1 Å². The number of carbonyl (C=O) groups excluding carboxylic acids is 1. The molecule has 0 spiro atoms. The van der Waals surface area contributed by atoms with E-state index in [2.05, 4.69) is 55.7 Å². The summed E-state index contributed by atoms with van der Waals surface area (Å²) >= 11 is 0. The Balaban J connectivity index is 2.03. The monoisotopic (exact) mass is 288 g/mol. The van der Waals surface area contributed by atoms with Crippen LogP contribution in [0.4, 0.5) is 0 Å². The molecule has 3 nitrogen and oxygen atoms in total. The van der Waals surface area contributed by atoms with Gasteiger partial charge < -0.3 is 10.6 Å². The molecular weight excluding hydrogens is 260 g/mol. The maximum absolute atomic E-state index is 12.7. The number of piperidine rings is 1. The molecule has 1 aromatic carbocycles. The van der Waals surface area contributed by atoms with Gasteiger partial charge in [-0.25, -0.2) is 0 Å². The molecule has 1 heterocycles. The van der Waals surface area contributed by atoms with Gasteiger partial charge in [-0.15, -0.1) is 0 Å². The molecule has 3 heteroatoms. The molecule has 0 saturated carbocycles. The Morgan fingerprint density at radius 3 is 2.57 bits per heavy atom. The third kappa shape index (κ3) is 3.65. The minimum absolute atomic E-state index is 0.0637. The van der Waals surface area contributed by atoms with Crippen molar-refractivity contribution in [2.24, 2.45) is 5.41 Å². The normalized spacial score (nSPS) is 23.6. The second-order valence-corrected chi connectivity index (χ2v) is 6.20. The van der Waals surface area contributed by atoms with E-state index < -0.39 is 0 Å². The molecule has 1 aromatic rings. The van der Waals surface area contributed by atoms with Gasteiger partial charge in [-0.1, -0.05) is 38.1 Å². The van der Waals surface area contributed by atoms with Crippen LogP contribution in [0, 0.1) is 5.41 Å². The average Bonchev–Trinajstić information content (AvgIpc) is 2.55. The average molecular weight is 288 g/mol. The van der Waals surface area contributed by atoms with Crippen LogP contribution >= 0.6 is 0 Å². The second kappa shape index (κ2) is 7.08. The number of carbonyl (C=O) groups is 1. The Morgan fingerprint density at radius 2 is 2.05 bits per heavy atom. The van der Waals surface area contributed by atoms with Crippen molar-refractivity contribution < 1.29 is 4.79 Å². The van der Waals surface area contributed by atoms with Crippen LogP contribution in [0.5, 0.6) is 0 Å². The fourth-order valence-electron chi connectivity index (χ4n) is 3.10. The minimum atomic E-state index is -0.226. The van der Waals surface area contributed by atoms with Crippen molar-refractivity contribution in [1.29, 1.82) is 0 Å². The predicted molar refractivity (Wildman–Crippen MR) is 87.2 cm³/mol. The highest BCUT2D eigenvalue weighted by Crippen LogP contribution is 2.31. The number of nitrogens with one attached hydrogen (secondary N) is 2. The summed E-state index contributed by atoms with van der Waals surface area (Å²) in [6.07, 6.45) is 4.02. The molecule has 2 unspecified atom stereocenters. The van der Waals surface area contributed by atoms with Crippen LogP contribution in [-0.4, -0.2) is 19.0 Å². The first-order valence-corrected chi connectivity index (χ1v) is 8.22. The molecular formula is C18H28N2O. The van der Waals surface area contributed by atoms with Gasteiger partial charge in [0.15, 0.2) is 0 Å². The highest BCUT2D eigenvalue weighted by Gasteiger charge is 2.38. The summed E-state index contributed by atoms with van der Waals surface area (Å²) in [5.74, 6) is 0.198. The fourth-order valence-corrected chi connectivity index (χ4v) is 3.10. The lowest BCUT2D eigenvalue weighted by Crippen LogP contribution is -2.50. The summed E-state index contributed by atoms with van der Waals surface area (Å²) < 4.78 is 0. The van der Waals surface area contributed by atoms with Gasteiger partial charge in [-0.3, -0.25) is 4.79 Å². The topological polar surface area (TPSA) is 41.1 Å². The highest BCUT2D eigenvalue weighted by atomic mass is 16.2. The molecule has 1 aliphatic rings. The minimum Gasteiger partial charge on any atom is -0.349 e. The molecule has 1 aliphatic heterocycles. The molecule has 0 aromatic heterocycles. The molecule has 1 fully saturated rings. The van der Waals surface area contributed by atoms with Gasteiger partial charge in [0, 0.05) is 6.54 Å². The third-order valence-electron chi connectivity index (χ3n) is 4.87. The largest absolute Gasteiger partial charge is 0.349 e. The lowest BCUT2D eigenvalue weighted by Gasteiger charge is -2.36. The van der Waals surface area contributed by atoms with E-state index in [4.69, 9.17) is 0 Å². The highest BCUT2D eigenvalue weighted by molar-refractivity contribution is 5.83. The first-order valence-electron chi connectivity index (χ1n) is 8.22. The summed E-state index contributed by atoms with van der Waals surface area (Å²) in [5, 5.41) is 6.59. The van der Waals surface area contributed by atoms with E-state index in [0.29, 0.717) is 0 Å². The summed E-state index contributed by atoms with van der Waals surface area (Å²) in [6, 6.07) is 8.61. The Hall–Kier alpha value is -1.35. The molecule has 0 bridgehead atoms. The molecule has 1 amide bonds. The van der Waals surface area contributed by atoms with E-state index in [9.17, 15) is 4.79 Å². The number of hydrogen-bond acceptors (Lipinski definition) is 2. The first-order chi connectivity index (χ1) is 10.1. The lowest BCUT2D eigenvalue weighted by atomic mass is 9.77. The molecule has 0 radical (unpaired) electrons. The van der Waals surface area contributed by atoms with Crippen LogP contribution in [0.1, 0.15) is 57.2 Å². The third-order valence-corrected chi connectivity index (χ3v) is 4.87. The zero-order chi connectivity index (χ0) is 15.3. The van der Waals surface area contributed by atoms with Crippen LogP contribution < -0.4 is 10.6 Å². The van der Waals surface area contributed by atoms with Crippen molar-refractivity contribution >= 4 is 5.91 Å². The van der Waals surface area contributed by atoms with E-state index in [1.54, 1.807) is 0 Å². The molecule has 1 saturated heterocycles. The maximum atomic E-state index is 12.7. The van der Waals surface area contributed by atoms with Crippen LogP contribution in [0.25, 0.3) is 0 Å². The number of hydrogen-bond donors (Lipinski definition) is 2. The van der Waals surface area contributed by atoms with Crippen LogP contribution in [0.2, 0.25) is 0 Å². The summed E-state index contributed by atoms with van der Waals surface area (Å²) in [7, 11) is 0. The quantitative estimate of drug-likeness (QED) is 0.873. The van der Waals surface area contributed by atoms with Gasteiger partial charge in [-0.05, 0) is 50.3 Å². The van der Waals surface area contributed by atoms with Gasteiger partial charge in [0.1, 0.15) is 0 Å². The van der Waals surface area contributed by atoms with Crippen molar-refractivity contribution in [2.45, 2.75) is 52.5 Å². The van der Waals surface area contributed by atoms with E-state index in [1.807, 2.05) is 0 Å². The SMILES string of the molecule is CCc1ccc(C(C)NC(=O)C2(CC)CCCNC2)cc1. The molecule has 21 heavy (non-hydrogen) atoms. The Kier molecular flexibility index (Phi) is 5.40. The van der Waals surface area contributed by atoms with Crippen LogP contribution in [0.15, 0.2) is 24.3 Å². The Morgan fingerprint density at radius 1 is 1.33 bits per heavy atom. The zero-order valence-corrected chi connectivity index (χ0v) is 13.5. The van der Waals surface area contributed by atoms with Crippen molar-refractivity contribution in [3.05, 3.63) is 35.4 Å². The van der Waals surface area contributed by atoms with Gasteiger partial charge in [0.2, 0.25) is 5.91 Å². The molecule has 116 valence electrons. The Labute approximate surface area is 128 Å². The molecule has 2 N–H and O–H groups in total. The van der Waals surface area contributed by atoms with E-state index in [-0.39, 0.29) is 17.4 Å². The standard InChI is InChI=1S/C18H28N2O/c1-4-15-7-9-16(10-8-15)14(3)20-17(21)18(5-2)11-6-12-19-13-18/h7-10,14,19H,4-6,11-13H2,1-3H3,(H,20,21). The van der Waals surface area contributed by atoms with E-state index in [0.717, 1.165) is 38.8 Å². The number of rotatable bonds is 5. The van der Waals surface area contributed by atoms with Gasteiger partial charge in [0.05, 0.1) is 11.5 Å². The maximum Gasteiger partial charge on any atom is 0.227 e. The van der Waals surface area contributed by atoms with Crippen molar-refractivity contribution in [1.82, 2.24) is 10.6 Å². The molecule has 2 atom stereocenters. The van der Waals surface area contributed by atoms with Crippen LogP contribution in [0.3, 0.4) is 0 Å². The number of aryl methyl sites for hydroxylation is 1. The van der Waals surface area contributed by atoms with Crippen molar-refractivity contribution in [3.63, 3.8) is 0 Å². The summed E-state index contributed by atoms with van der Waals surface area (Å²) in [5.41, 5.74) is 2.28. The zero-order valence-electron chi connectivity index (χ0n) is 13.5. The smallest absolute Gasteiger partial charge is 0.227 e. The Bertz CT molecular complexity index is 461. The lowest BCUT2D eigenvalue weighted by molar-refractivity contribution is -0.133. The fraction of sp³-hybridized carbons (Fsp3) is 0.611. The van der Waals surface area contributed by atoms with Gasteiger partial charge in [-0.2, -0.15) is 0 Å². The van der Waals surface area contributed by atoms with Crippen LogP contribution in [-0.2, 0) is 11.2 Å². The summed E-state index contributed by atoms with van der Waals surface area (Å²) in [6.45, 7) is 8.17. The molecule has 0 aliphatic carbocycles.